The molecule has 0 aromatic heterocycles. The molecule has 0 saturated heterocycles. The van der Waals surface area contributed by atoms with Crippen LogP contribution in [0.5, 0.6) is 0 Å². The highest BCUT2D eigenvalue weighted by Gasteiger charge is 2.49. The number of benzene rings is 2. The van der Waals surface area contributed by atoms with E-state index < -0.39 is 0 Å². The van der Waals surface area contributed by atoms with Crippen molar-refractivity contribution in [3.63, 3.8) is 0 Å². The van der Waals surface area contributed by atoms with Gasteiger partial charge in [-0.05, 0) is 40.0 Å². The fourth-order valence-corrected chi connectivity index (χ4v) is 11.7. The molecule has 0 amide bonds. The third kappa shape index (κ3) is 8.19. The van der Waals surface area contributed by atoms with Crippen LogP contribution in [0.3, 0.4) is 0 Å². The molecule has 38 heavy (non-hydrogen) atoms. The third-order valence-corrected chi connectivity index (χ3v) is 12.8. The summed E-state index contributed by atoms with van der Waals surface area (Å²) in [5.74, 6) is 0. The zero-order chi connectivity index (χ0) is 27.2. The van der Waals surface area contributed by atoms with Gasteiger partial charge in [0.1, 0.15) is 0 Å². The molecule has 212 valence electrons. The summed E-state index contributed by atoms with van der Waals surface area (Å²) in [6, 6.07) is 18.8. The van der Waals surface area contributed by atoms with Gasteiger partial charge in [0.25, 0.3) is 0 Å². The van der Waals surface area contributed by atoms with Gasteiger partial charge in [0.05, 0.1) is 0 Å². The first-order valence-corrected chi connectivity index (χ1v) is 18.0. The highest BCUT2D eigenvalue weighted by Crippen LogP contribution is 2.71. The Morgan fingerprint density at radius 2 is 0.842 bits per heavy atom. The van der Waals surface area contributed by atoms with E-state index in [0.717, 1.165) is 11.3 Å². The Bertz CT molecular complexity index is 857. The lowest BCUT2D eigenvalue weighted by atomic mass is 9.89. The molecular formula is C37H59P. The molecule has 0 bridgehead atoms. The number of hydrogen-bond acceptors (Lipinski definition) is 0. The van der Waals surface area contributed by atoms with Gasteiger partial charge in [-0.15, -0.1) is 0 Å². The molecule has 0 unspecified atom stereocenters. The Kier molecular flexibility index (Phi) is 13.9. The lowest BCUT2D eigenvalue weighted by Crippen LogP contribution is -2.29. The van der Waals surface area contributed by atoms with Crippen LogP contribution in [0.2, 0.25) is 0 Å². The number of fused-ring (bicyclic) bond motifs is 3. The van der Waals surface area contributed by atoms with Gasteiger partial charge in [-0.2, -0.15) is 0 Å². The Labute approximate surface area is 238 Å². The minimum Gasteiger partial charge on any atom is -0.0858 e. The summed E-state index contributed by atoms with van der Waals surface area (Å²) in [4.78, 5) is 0. The summed E-state index contributed by atoms with van der Waals surface area (Å²) in [5.41, 5.74) is 7.74. The van der Waals surface area contributed by atoms with Gasteiger partial charge in [-0.25, -0.2) is 0 Å². The molecule has 3 rings (SSSR count). The van der Waals surface area contributed by atoms with E-state index in [4.69, 9.17) is 0 Å². The van der Waals surface area contributed by atoms with Gasteiger partial charge < -0.3 is 0 Å². The topological polar surface area (TPSA) is 0 Å². The lowest BCUT2D eigenvalue weighted by molar-refractivity contribution is 0.517. The standard InChI is InChI=1S/C37H59P/c1-6-7-8-9-10-11-12-13-14-15-16-17-18-19-20-25-30-37(38(31(2)3)32(4)5)35-28-23-21-26-33(35)34-27-22-24-29-36(34)37/h21-24,26-29,31-32H,6-20,25,30H2,1-5H3. The zero-order valence-electron chi connectivity index (χ0n) is 25.7. The van der Waals surface area contributed by atoms with Crippen LogP contribution in [0.4, 0.5) is 0 Å². The molecule has 0 fully saturated rings. The van der Waals surface area contributed by atoms with E-state index >= 15 is 0 Å². The number of rotatable bonds is 20. The minimum atomic E-state index is -0.181. The molecule has 1 aliphatic carbocycles. The summed E-state index contributed by atoms with van der Waals surface area (Å²) < 4.78 is 0. The van der Waals surface area contributed by atoms with E-state index in [-0.39, 0.29) is 13.1 Å². The summed E-state index contributed by atoms with van der Waals surface area (Å²) in [5, 5.41) is 0.223. The van der Waals surface area contributed by atoms with Gasteiger partial charge in [0, 0.05) is 5.16 Å². The Balaban J connectivity index is 1.45. The predicted molar refractivity (Wildman–Crippen MR) is 174 cm³/mol. The van der Waals surface area contributed by atoms with Crippen LogP contribution < -0.4 is 0 Å². The van der Waals surface area contributed by atoms with E-state index in [0.29, 0.717) is 0 Å². The predicted octanol–water partition coefficient (Wildman–Crippen LogP) is 12.9. The Morgan fingerprint density at radius 1 is 0.500 bits per heavy atom. The molecule has 0 heterocycles. The lowest BCUT2D eigenvalue weighted by Gasteiger charge is -2.45. The van der Waals surface area contributed by atoms with E-state index in [1.54, 1.807) is 11.1 Å². The molecule has 0 saturated carbocycles. The molecule has 0 radical (unpaired) electrons. The quantitative estimate of drug-likeness (QED) is 0.117. The zero-order valence-corrected chi connectivity index (χ0v) is 26.6. The van der Waals surface area contributed by atoms with E-state index in [2.05, 4.69) is 83.1 Å². The monoisotopic (exact) mass is 534 g/mol. The molecular weight excluding hydrogens is 475 g/mol. The van der Waals surface area contributed by atoms with Crippen molar-refractivity contribution in [1.82, 2.24) is 0 Å². The third-order valence-electron chi connectivity index (χ3n) is 8.98. The highest BCUT2D eigenvalue weighted by molar-refractivity contribution is 7.60. The fourth-order valence-electron chi connectivity index (χ4n) is 7.39. The van der Waals surface area contributed by atoms with E-state index in [9.17, 15) is 0 Å². The van der Waals surface area contributed by atoms with E-state index in [1.807, 2.05) is 0 Å². The first-order chi connectivity index (χ1) is 18.5. The summed E-state index contributed by atoms with van der Waals surface area (Å²) in [6.45, 7) is 12.3. The second-order valence-electron chi connectivity index (χ2n) is 12.6. The summed E-state index contributed by atoms with van der Waals surface area (Å²) >= 11 is 0. The summed E-state index contributed by atoms with van der Waals surface area (Å²) in [6.07, 6.45) is 24.3. The van der Waals surface area contributed by atoms with Crippen molar-refractivity contribution < 1.29 is 0 Å². The van der Waals surface area contributed by atoms with Gasteiger partial charge in [-0.3, -0.25) is 0 Å². The smallest absolute Gasteiger partial charge is 0.0418 e. The second kappa shape index (κ2) is 16.9. The average molecular weight is 535 g/mol. The van der Waals surface area contributed by atoms with Gasteiger partial charge >= 0.3 is 0 Å². The van der Waals surface area contributed by atoms with Crippen molar-refractivity contribution in [2.24, 2.45) is 0 Å². The maximum atomic E-state index is 2.49. The fraction of sp³-hybridized carbons (Fsp3) is 0.676. The molecule has 0 N–H and O–H groups in total. The summed E-state index contributed by atoms with van der Waals surface area (Å²) in [7, 11) is -0.181. The number of unbranched alkanes of at least 4 members (excludes halogenated alkanes) is 15. The van der Waals surface area contributed by atoms with Crippen LogP contribution in [0.1, 0.15) is 155 Å². The largest absolute Gasteiger partial charge is 0.0858 e. The Morgan fingerprint density at radius 3 is 1.21 bits per heavy atom. The van der Waals surface area contributed by atoms with Gasteiger partial charge in [0.2, 0.25) is 0 Å². The molecule has 2 aromatic carbocycles. The molecule has 0 nitrogen and oxygen atoms in total. The molecule has 0 atom stereocenters. The molecule has 0 spiro atoms. The minimum absolute atomic E-state index is 0.181. The second-order valence-corrected chi connectivity index (χ2v) is 16.2. The molecule has 1 heteroatoms. The van der Waals surface area contributed by atoms with E-state index in [1.165, 1.54) is 120 Å². The maximum Gasteiger partial charge on any atom is 0.0418 e. The van der Waals surface area contributed by atoms with Gasteiger partial charge in [0.15, 0.2) is 0 Å². The van der Waals surface area contributed by atoms with Crippen LogP contribution in [0.15, 0.2) is 48.5 Å². The van der Waals surface area contributed by atoms with Crippen LogP contribution in [0, 0.1) is 0 Å². The molecule has 2 aromatic rings. The Hall–Kier alpha value is -1.13. The van der Waals surface area contributed by atoms with Crippen molar-refractivity contribution in [1.29, 1.82) is 0 Å². The van der Waals surface area contributed by atoms with Crippen molar-refractivity contribution >= 4 is 7.92 Å². The maximum absolute atomic E-state index is 2.49. The first kappa shape index (κ1) is 31.4. The van der Waals surface area contributed by atoms with Crippen molar-refractivity contribution in [3.05, 3.63) is 59.7 Å². The normalized spacial score (nSPS) is 14.0. The molecule has 1 aliphatic rings. The van der Waals surface area contributed by atoms with Crippen LogP contribution in [0.25, 0.3) is 11.1 Å². The van der Waals surface area contributed by atoms with Crippen LogP contribution in [-0.4, -0.2) is 11.3 Å². The number of hydrogen-bond donors (Lipinski definition) is 0. The first-order valence-electron chi connectivity index (χ1n) is 16.5. The SMILES string of the molecule is CCCCCCCCCCCCCCCCCCC1(P(C(C)C)C(C)C)c2ccccc2-c2ccccc21. The molecule has 0 aliphatic heterocycles. The highest BCUT2D eigenvalue weighted by atomic mass is 31.1. The van der Waals surface area contributed by atoms with Crippen LogP contribution >= 0.6 is 7.92 Å². The van der Waals surface area contributed by atoms with Crippen molar-refractivity contribution in [2.45, 2.75) is 160 Å². The average Bonchev–Trinajstić information content (AvgIpc) is 3.18. The van der Waals surface area contributed by atoms with Gasteiger partial charge in [-0.1, -0.05) is 194 Å². The van der Waals surface area contributed by atoms with Crippen molar-refractivity contribution in [2.75, 3.05) is 0 Å². The van der Waals surface area contributed by atoms with Crippen molar-refractivity contribution in [3.8, 4) is 11.1 Å². The van der Waals surface area contributed by atoms with Crippen LogP contribution in [-0.2, 0) is 5.16 Å².